The van der Waals surface area contributed by atoms with Crippen LogP contribution in [0.15, 0.2) is 0 Å². The Morgan fingerprint density at radius 1 is 1.16 bits per heavy atom. The molecule has 2 nitrogen and oxygen atoms in total. The molecular weight excluding hydrogens is 232 g/mol. The molecule has 2 aliphatic carbocycles. The molecule has 2 aliphatic rings. The molecule has 0 radical (unpaired) electrons. The van der Waals surface area contributed by atoms with Crippen molar-refractivity contribution >= 4 is 0 Å². The number of nitrogens with one attached hydrogen (secondary N) is 1. The second-order valence-electron chi connectivity index (χ2n) is 7.71. The normalized spacial score (nSPS) is 32.1. The van der Waals surface area contributed by atoms with E-state index in [2.05, 4.69) is 38.0 Å². The van der Waals surface area contributed by atoms with E-state index < -0.39 is 0 Å². The van der Waals surface area contributed by atoms with Crippen molar-refractivity contribution in [1.29, 1.82) is 0 Å². The van der Waals surface area contributed by atoms with Crippen molar-refractivity contribution in [2.75, 3.05) is 20.1 Å². The van der Waals surface area contributed by atoms with E-state index in [0.717, 1.165) is 24.5 Å². The summed E-state index contributed by atoms with van der Waals surface area (Å²) in [7, 11) is 2.36. The van der Waals surface area contributed by atoms with Gasteiger partial charge in [-0.2, -0.15) is 0 Å². The Morgan fingerprint density at radius 2 is 1.84 bits per heavy atom. The van der Waals surface area contributed by atoms with Gasteiger partial charge in [0.05, 0.1) is 0 Å². The standard InChI is InChI=1S/C17H34N2/c1-5-18-16-10-11-17(2,3)12-14(16)13-19(4)15-8-6-7-9-15/h14-16,18H,5-13H2,1-4H3. The summed E-state index contributed by atoms with van der Waals surface area (Å²) in [4.78, 5) is 2.67. The topological polar surface area (TPSA) is 15.3 Å². The molecule has 2 heteroatoms. The summed E-state index contributed by atoms with van der Waals surface area (Å²) in [5.41, 5.74) is 0.549. The molecule has 0 bridgehead atoms. The summed E-state index contributed by atoms with van der Waals surface area (Å²) in [5.74, 6) is 0.842. The molecule has 19 heavy (non-hydrogen) atoms. The number of nitrogens with zero attached hydrogens (tertiary/aromatic N) is 1. The zero-order valence-corrected chi connectivity index (χ0v) is 13.5. The molecule has 0 aromatic heterocycles. The predicted octanol–water partition coefficient (Wildman–Crippen LogP) is 3.67. The second kappa shape index (κ2) is 6.58. The minimum Gasteiger partial charge on any atom is -0.314 e. The third-order valence-corrected chi connectivity index (χ3v) is 5.45. The van der Waals surface area contributed by atoms with Gasteiger partial charge < -0.3 is 10.2 Å². The molecule has 2 rings (SSSR count). The van der Waals surface area contributed by atoms with Crippen molar-refractivity contribution in [3.63, 3.8) is 0 Å². The third kappa shape index (κ3) is 4.19. The minimum atomic E-state index is 0.549. The zero-order valence-electron chi connectivity index (χ0n) is 13.5. The van der Waals surface area contributed by atoms with E-state index in [4.69, 9.17) is 0 Å². The molecule has 0 saturated heterocycles. The maximum Gasteiger partial charge on any atom is 0.0108 e. The van der Waals surface area contributed by atoms with Crippen LogP contribution in [-0.4, -0.2) is 37.1 Å². The largest absolute Gasteiger partial charge is 0.314 e. The first-order valence-corrected chi connectivity index (χ1v) is 8.45. The lowest BCUT2D eigenvalue weighted by Gasteiger charge is -2.43. The van der Waals surface area contributed by atoms with Gasteiger partial charge in [-0.25, -0.2) is 0 Å². The smallest absolute Gasteiger partial charge is 0.0108 e. The summed E-state index contributed by atoms with van der Waals surface area (Å²) in [6.07, 6.45) is 9.89. The Morgan fingerprint density at radius 3 is 2.47 bits per heavy atom. The van der Waals surface area contributed by atoms with Crippen LogP contribution >= 0.6 is 0 Å². The Balaban J connectivity index is 1.92. The monoisotopic (exact) mass is 266 g/mol. The Kier molecular flexibility index (Phi) is 5.30. The van der Waals surface area contributed by atoms with Crippen molar-refractivity contribution < 1.29 is 0 Å². The van der Waals surface area contributed by atoms with Gasteiger partial charge in [0.2, 0.25) is 0 Å². The summed E-state index contributed by atoms with van der Waals surface area (Å²) >= 11 is 0. The molecule has 0 aromatic carbocycles. The highest BCUT2D eigenvalue weighted by Crippen LogP contribution is 2.39. The van der Waals surface area contributed by atoms with E-state index in [-0.39, 0.29) is 0 Å². The van der Waals surface area contributed by atoms with Crippen LogP contribution in [0, 0.1) is 11.3 Å². The average Bonchev–Trinajstić information content (AvgIpc) is 2.86. The van der Waals surface area contributed by atoms with E-state index in [1.807, 2.05) is 0 Å². The van der Waals surface area contributed by atoms with Crippen LogP contribution in [0.25, 0.3) is 0 Å². The summed E-state index contributed by atoms with van der Waals surface area (Å²) in [6, 6.07) is 1.62. The Labute approximate surface area is 120 Å². The van der Waals surface area contributed by atoms with Crippen LogP contribution in [0.3, 0.4) is 0 Å². The molecule has 2 fully saturated rings. The van der Waals surface area contributed by atoms with Gasteiger partial charge in [0.15, 0.2) is 0 Å². The summed E-state index contributed by atoms with van der Waals surface area (Å²) < 4.78 is 0. The first kappa shape index (κ1) is 15.3. The lowest BCUT2D eigenvalue weighted by atomic mass is 9.69. The van der Waals surface area contributed by atoms with E-state index in [1.54, 1.807) is 0 Å². The highest BCUT2D eigenvalue weighted by atomic mass is 15.1. The van der Waals surface area contributed by atoms with E-state index in [0.29, 0.717) is 5.41 Å². The summed E-state index contributed by atoms with van der Waals surface area (Å²) in [5, 5.41) is 3.74. The van der Waals surface area contributed by atoms with Gasteiger partial charge in [0.1, 0.15) is 0 Å². The van der Waals surface area contributed by atoms with Crippen molar-refractivity contribution in [1.82, 2.24) is 10.2 Å². The highest BCUT2D eigenvalue weighted by molar-refractivity contribution is 4.91. The molecule has 2 atom stereocenters. The Hall–Kier alpha value is -0.0800. The predicted molar refractivity (Wildman–Crippen MR) is 83.5 cm³/mol. The Bertz CT molecular complexity index is 268. The quantitative estimate of drug-likeness (QED) is 0.817. The van der Waals surface area contributed by atoms with E-state index in [9.17, 15) is 0 Å². The summed E-state index contributed by atoms with van der Waals surface area (Å²) in [6.45, 7) is 9.58. The fourth-order valence-corrected chi connectivity index (χ4v) is 4.32. The maximum atomic E-state index is 3.74. The van der Waals surface area contributed by atoms with E-state index >= 15 is 0 Å². The van der Waals surface area contributed by atoms with Gasteiger partial charge in [-0.3, -0.25) is 0 Å². The lowest BCUT2D eigenvalue weighted by molar-refractivity contribution is 0.0952. The minimum absolute atomic E-state index is 0.549. The molecule has 112 valence electrons. The second-order valence-corrected chi connectivity index (χ2v) is 7.71. The van der Waals surface area contributed by atoms with Gasteiger partial charge in [-0.1, -0.05) is 33.6 Å². The molecule has 1 N–H and O–H groups in total. The van der Waals surface area contributed by atoms with E-state index in [1.165, 1.54) is 51.5 Å². The molecule has 0 heterocycles. The van der Waals surface area contributed by atoms with Gasteiger partial charge in [0, 0.05) is 18.6 Å². The van der Waals surface area contributed by atoms with Gasteiger partial charge in [-0.05, 0) is 57.0 Å². The molecule has 0 amide bonds. The number of rotatable bonds is 5. The zero-order chi connectivity index (χ0) is 13.9. The number of hydrogen-bond acceptors (Lipinski definition) is 2. The van der Waals surface area contributed by atoms with Crippen LogP contribution in [0.5, 0.6) is 0 Å². The van der Waals surface area contributed by atoms with Crippen molar-refractivity contribution in [3.05, 3.63) is 0 Å². The van der Waals surface area contributed by atoms with Gasteiger partial charge >= 0.3 is 0 Å². The van der Waals surface area contributed by atoms with Gasteiger partial charge in [-0.15, -0.1) is 0 Å². The molecular formula is C17H34N2. The average molecular weight is 266 g/mol. The van der Waals surface area contributed by atoms with Crippen LogP contribution in [0.2, 0.25) is 0 Å². The van der Waals surface area contributed by atoms with Crippen molar-refractivity contribution in [3.8, 4) is 0 Å². The fourth-order valence-electron chi connectivity index (χ4n) is 4.32. The third-order valence-electron chi connectivity index (χ3n) is 5.45. The molecule has 0 spiro atoms. The first-order chi connectivity index (χ1) is 9.02. The molecule has 2 saturated carbocycles. The van der Waals surface area contributed by atoms with Crippen molar-refractivity contribution in [2.24, 2.45) is 11.3 Å². The van der Waals surface area contributed by atoms with Gasteiger partial charge in [0.25, 0.3) is 0 Å². The van der Waals surface area contributed by atoms with Crippen LogP contribution in [0.1, 0.15) is 65.7 Å². The highest BCUT2D eigenvalue weighted by Gasteiger charge is 2.35. The number of hydrogen-bond donors (Lipinski definition) is 1. The van der Waals surface area contributed by atoms with Crippen molar-refractivity contribution in [2.45, 2.75) is 77.8 Å². The maximum absolute atomic E-state index is 3.74. The molecule has 2 unspecified atom stereocenters. The van der Waals surface area contributed by atoms with Crippen LogP contribution in [-0.2, 0) is 0 Å². The fraction of sp³-hybridized carbons (Fsp3) is 1.00. The molecule has 0 aromatic rings. The lowest BCUT2D eigenvalue weighted by Crippen LogP contribution is -2.48. The van der Waals surface area contributed by atoms with Crippen LogP contribution < -0.4 is 5.32 Å². The molecule has 0 aliphatic heterocycles. The first-order valence-electron chi connectivity index (χ1n) is 8.45. The SMILES string of the molecule is CCNC1CCC(C)(C)CC1CN(C)C1CCCC1. The van der Waals surface area contributed by atoms with Crippen LogP contribution in [0.4, 0.5) is 0 Å².